The largest absolute Gasteiger partial charge is 0.349 e. The molecule has 166 valence electrons. The lowest BCUT2D eigenvalue weighted by Crippen LogP contribution is -2.49. The Labute approximate surface area is 193 Å². The van der Waals surface area contributed by atoms with Gasteiger partial charge in [-0.3, -0.25) is 9.59 Å². The number of para-hydroxylation sites is 1. The van der Waals surface area contributed by atoms with Gasteiger partial charge >= 0.3 is 0 Å². The molecule has 1 aromatic heterocycles. The van der Waals surface area contributed by atoms with E-state index in [4.69, 9.17) is 16.7 Å². The van der Waals surface area contributed by atoms with Crippen molar-refractivity contribution < 1.29 is 9.59 Å². The molecule has 3 aromatic rings. The Morgan fingerprint density at radius 2 is 1.78 bits per heavy atom. The molecule has 0 saturated heterocycles. The van der Waals surface area contributed by atoms with Crippen molar-refractivity contribution in [1.82, 2.24) is 20.4 Å². The summed E-state index contributed by atoms with van der Waals surface area (Å²) in [7, 11) is 0. The van der Waals surface area contributed by atoms with E-state index in [1.807, 2.05) is 48.9 Å². The van der Waals surface area contributed by atoms with Crippen LogP contribution < -0.4 is 10.6 Å². The molecule has 0 spiro atoms. The molecule has 1 atom stereocenters. The Morgan fingerprint density at radius 1 is 1.06 bits per heavy atom. The highest BCUT2D eigenvalue weighted by atomic mass is 35.5. The first kappa shape index (κ1) is 22.1. The highest BCUT2D eigenvalue weighted by molar-refractivity contribution is 6.30. The summed E-state index contributed by atoms with van der Waals surface area (Å²) in [4.78, 5) is 25.6. The molecule has 0 aliphatic heterocycles. The third-order valence-corrected chi connectivity index (χ3v) is 6.04. The summed E-state index contributed by atoms with van der Waals surface area (Å²) in [6.45, 7) is 4.16. The van der Waals surface area contributed by atoms with Gasteiger partial charge in [-0.1, -0.05) is 43.6 Å². The molecule has 1 heterocycles. The molecule has 1 aliphatic rings. The average Bonchev–Trinajstić information content (AvgIpc) is 3.40. The monoisotopic (exact) mass is 450 g/mol. The fourth-order valence-electron chi connectivity index (χ4n) is 4.08. The standard InChI is InChI=1S/C25H27ClN4O2/c1-16(2)23(28-24(31)17-11-13-18(26)14-12-17)25(32)27-15-21-20-9-6-10-22(20)30(29-21)19-7-4-3-5-8-19/h3-5,7-8,11-14,16,23H,6,9-10,15H2,1-2H3,(H,27,32)(H,28,31). The van der Waals surface area contributed by atoms with Gasteiger partial charge in [0, 0.05) is 16.3 Å². The number of aromatic nitrogens is 2. The Bertz CT molecular complexity index is 1110. The number of halogens is 1. The third-order valence-electron chi connectivity index (χ3n) is 5.79. The fraction of sp³-hybridized carbons (Fsp3) is 0.320. The van der Waals surface area contributed by atoms with E-state index in [9.17, 15) is 9.59 Å². The van der Waals surface area contributed by atoms with E-state index in [2.05, 4.69) is 10.6 Å². The van der Waals surface area contributed by atoms with Crippen LogP contribution in [0.1, 0.15) is 47.6 Å². The zero-order chi connectivity index (χ0) is 22.7. The van der Waals surface area contributed by atoms with Crippen LogP contribution in [0, 0.1) is 5.92 Å². The van der Waals surface area contributed by atoms with Crippen molar-refractivity contribution >= 4 is 23.4 Å². The molecular weight excluding hydrogens is 424 g/mol. The average molecular weight is 451 g/mol. The molecule has 0 radical (unpaired) electrons. The molecule has 1 unspecified atom stereocenters. The fourth-order valence-corrected chi connectivity index (χ4v) is 4.21. The Kier molecular flexibility index (Phi) is 6.61. The predicted octanol–water partition coefficient (Wildman–Crippen LogP) is 4.09. The van der Waals surface area contributed by atoms with Gasteiger partial charge in [0.15, 0.2) is 0 Å². The normalized spacial score (nSPS) is 13.6. The Hall–Kier alpha value is -3.12. The SMILES string of the molecule is CC(C)C(NC(=O)c1ccc(Cl)cc1)C(=O)NCc1nn(-c2ccccc2)c2c1CCC2. The number of hydrogen-bond acceptors (Lipinski definition) is 3. The molecule has 2 amide bonds. The maximum Gasteiger partial charge on any atom is 0.251 e. The van der Waals surface area contributed by atoms with Gasteiger partial charge in [-0.15, -0.1) is 0 Å². The molecule has 0 fully saturated rings. The molecule has 32 heavy (non-hydrogen) atoms. The number of amides is 2. The lowest BCUT2D eigenvalue weighted by molar-refractivity contribution is -0.124. The number of hydrogen-bond donors (Lipinski definition) is 2. The summed E-state index contributed by atoms with van der Waals surface area (Å²) >= 11 is 5.90. The van der Waals surface area contributed by atoms with E-state index in [0.717, 1.165) is 30.6 Å². The summed E-state index contributed by atoms with van der Waals surface area (Å²) < 4.78 is 1.99. The van der Waals surface area contributed by atoms with Gasteiger partial charge in [-0.05, 0) is 67.1 Å². The Balaban J connectivity index is 1.46. The number of rotatable bonds is 7. The molecule has 2 aromatic carbocycles. The lowest BCUT2D eigenvalue weighted by Gasteiger charge is -2.21. The van der Waals surface area contributed by atoms with Crippen molar-refractivity contribution in [2.24, 2.45) is 5.92 Å². The lowest BCUT2D eigenvalue weighted by atomic mass is 10.0. The first-order valence-corrected chi connectivity index (χ1v) is 11.3. The van der Waals surface area contributed by atoms with E-state index in [0.29, 0.717) is 17.1 Å². The van der Waals surface area contributed by atoms with Gasteiger partial charge in [0.25, 0.3) is 5.91 Å². The van der Waals surface area contributed by atoms with E-state index < -0.39 is 6.04 Å². The van der Waals surface area contributed by atoms with Crippen LogP contribution >= 0.6 is 11.6 Å². The van der Waals surface area contributed by atoms with Crippen LogP contribution in [-0.4, -0.2) is 27.6 Å². The van der Waals surface area contributed by atoms with Crippen LogP contribution in [0.2, 0.25) is 5.02 Å². The molecule has 7 heteroatoms. The molecule has 0 bridgehead atoms. The van der Waals surface area contributed by atoms with Crippen LogP contribution in [0.25, 0.3) is 5.69 Å². The van der Waals surface area contributed by atoms with Gasteiger partial charge in [0.1, 0.15) is 6.04 Å². The number of carbonyl (C=O) groups is 2. The van der Waals surface area contributed by atoms with Gasteiger partial charge in [0.2, 0.25) is 5.91 Å². The van der Waals surface area contributed by atoms with Gasteiger partial charge in [0.05, 0.1) is 17.9 Å². The second kappa shape index (κ2) is 9.57. The smallest absolute Gasteiger partial charge is 0.251 e. The van der Waals surface area contributed by atoms with Crippen LogP contribution in [0.3, 0.4) is 0 Å². The first-order chi connectivity index (χ1) is 15.4. The molecular formula is C25H27ClN4O2. The van der Waals surface area contributed by atoms with Crippen molar-refractivity contribution in [3.8, 4) is 5.69 Å². The van der Waals surface area contributed by atoms with E-state index in [1.54, 1.807) is 24.3 Å². The summed E-state index contributed by atoms with van der Waals surface area (Å²) in [5.74, 6) is -0.591. The van der Waals surface area contributed by atoms with Gasteiger partial charge in [-0.2, -0.15) is 5.10 Å². The van der Waals surface area contributed by atoms with Crippen molar-refractivity contribution in [3.63, 3.8) is 0 Å². The van der Waals surface area contributed by atoms with Crippen LogP contribution in [-0.2, 0) is 24.2 Å². The summed E-state index contributed by atoms with van der Waals surface area (Å²) in [6, 6.07) is 16.0. The van der Waals surface area contributed by atoms with Gasteiger partial charge < -0.3 is 10.6 Å². The predicted molar refractivity (Wildman–Crippen MR) is 125 cm³/mol. The van der Waals surface area contributed by atoms with Crippen molar-refractivity contribution in [1.29, 1.82) is 0 Å². The number of nitrogens with one attached hydrogen (secondary N) is 2. The summed E-state index contributed by atoms with van der Waals surface area (Å²) in [6.07, 6.45) is 3.04. The topological polar surface area (TPSA) is 76.0 Å². The van der Waals surface area contributed by atoms with Crippen LogP contribution in [0.5, 0.6) is 0 Å². The summed E-state index contributed by atoms with van der Waals surface area (Å²) in [5, 5.41) is 11.2. The van der Waals surface area contributed by atoms with Gasteiger partial charge in [-0.25, -0.2) is 4.68 Å². The second-order valence-corrected chi connectivity index (χ2v) is 8.83. The van der Waals surface area contributed by atoms with E-state index >= 15 is 0 Å². The zero-order valence-corrected chi connectivity index (χ0v) is 19.0. The number of benzene rings is 2. The summed E-state index contributed by atoms with van der Waals surface area (Å²) in [5.41, 5.74) is 4.82. The third kappa shape index (κ3) is 4.70. The van der Waals surface area contributed by atoms with Crippen molar-refractivity contribution in [2.45, 2.75) is 45.7 Å². The number of fused-ring (bicyclic) bond motifs is 1. The van der Waals surface area contributed by atoms with Crippen molar-refractivity contribution in [3.05, 3.63) is 82.1 Å². The Morgan fingerprint density at radius 3 is 2.47 bits per heavy atom. The molecule has 1 aliphatic carbocycles. The second-order valence-electron chi connectivity index (χ2n) is 8.39. The molecule has 6 nitrogen and oxygen atoms in total. The van der Waals surface area contributed by atoms with E-state index in [-0.39, 0.29) is 17.7 Å². The zero-order valence-electron chi connectivity index (χ0n) is 18.3. The quantitative estimate of drug-likeness (QED) is 0.569. The van der Waals surface area contributed by atoms with Crippen LogP contribution in [0.15, 0.2) is 54.6 Å². The van der Waals surface area contributed by atoms with Crippen LogP contribution in [0.4, 0.5) is 0 Å². The first-order valence-electron chi connectivity index (χ1n) is 10.9. The minimum Gasteiger partial charge on any atom is -0.349 e. The minimum absolute atomic E-state index is 0.0705. The molecule has 0 saturated carbocycles. The molecule has 2 N–H and O–H groups in total. The highest BCUT2D eigenvalue weighted by Crippen LogP contribution is 2.27. The minimum atomic E-state index is -0.651. The maximum atomic E-state index is 13.0. The van der Waals surface area contributed by atoms with Crippen molar-refractivity contribution in [2.75, 3.05) is 0 Å². The number of nitrogens with zero attached hydrogens (tertiary/aromatic N) is 2. The van der Waals surface area contributed by atoms with E-state index in [1.165, 1.54) is 11.3 Å². The maximum absolute atomic E-state index is 13.0. The molecule has 4 rings (SSSR count). The number of carbonyl (C=O) groups excluding carboxylic acids is 2. The highest BCUT2D eigenvalue weighted by Gasteiger charge is 2.27.